The number of aryl methyl sites for hydroxylation is 1. The highest BCUT2D eigenvalue weighted by Gasteiger charge is 2.23. The summed E-state index contributed by atoms with van der Waals surface area (Å²) >= 11 is 0. The van der Waals surface area contributed by atoms with Gasteiger partial charge in [0.1, 0.15) is 6.61 Å². The molecule has 34 heavy (non-hydrogen) atoms. The third kappa shape index (κ3) is 6.12. The van der Waals surface area contributed by atoms with Gasteiger partial charge < -0.3 is 14.6 Å². The lowest BCUT2D eigenvalue weighted by molar-refractivity contribution is 0.0927. The molecule has 0 saturated heterocycles. The average Bonchev–Trinajstić information content (AvgIpc) is 2.78. The molecule has 0 unspecified atom stereocenters. The van der Waals surface area contributed by atoms with Crippen LogP contribution in [-0.2, 0) is 30.2 Å². The predicted octanol–water partition coefficient (Wildman–Crippen LogP) is 2.89. The molecule has 0 aliphatic heterocycles. The van der Waals surface area contributed by atoms with Crippen molar-refractivity contribution in [2.75, 3.05) is 0 Å². The number of carbonyl (C=O) groups is 1. The summed E-state index contributed by atoms with van der Waals surface area (Å²) in [7, 11) is -2.21. The fourth-order valence-corrected chi connectivity index (χ4v) is 4.32. The van der Waals surface area contributed by atoms with Gasteiger partial charge in [0.05, 0.1) is 11.4 Å². The van der Waals surface area contributed by atoms with Crippen molar-refractivity contribution in [3.05, 3.63) is 93.4 Å². The zero-order valence-corrected chi connectivity index (χ0v) is 20.5. The molecule has 3 aromatic rings. The molecule has 0 fully saturated rings. The Bertz CT molecular complexity index is 1320. The van der Waals surface area contributed by atoms with Crippen LogP contribution in [0.2, 0.25) is 0 Å². The van der Waals surface area contributed by atoms with Gasteiger partial charge in [0, 0.05) is 24.8 Å². The summed E-state index contributed by atoms with van der Waals surface area (Å²) in [5.41, 5.74) is 1.62. The normalized spacial score (nSPS) is 11.4. The first-order valence-electron chi connectivity index (χ1n) is 10.9. The molecule has 1 amide bonds. The molecule has 0 saturated carbocycles. The van der Waals surface area contributed by atoms with E-state index < -0.39 is 21.4 Å². The Hall–Kier alpha value is -3.43. The molecule has 1 heterocycles. The van der Waals surface area contributed by atoms with E-state index in [0.29, 0.717) is 5.69 Å². The van der Waals surface area contributed by atoms with Gasteiger partial charge in [-0.2, -0.15) is 0 Å². The highest BCUT2D eigenvalue weighted by atomic mass is 32.2. The molecule has 0 spiro atoms. The fourth-order valence-electron chi connectivity index (χ4n) is 3.32. The van der Waals surface area contributed by atoms with Gasteiger partial charge in [0.15, 0.2) is 11.4 Å². The maximum Gasteiger partial charge on any atom is 0.272 e. The van der Waals surface area contributed by atoms with Gasteiger partial charge in [-0.15, -0.1) is 0 Å². The van der Waals surface area contributed by atoms with E-state index in [4.69, 9.17) is 4.74 Å². The van der Waals surface area contributed by atoms with E-state index in [0.717, 1.165) is 11.1 Å². The summed E-state index contributed by atoms with van der Waals surface area (Å²) in [6.45, 7) is 5.41. The minimum Gasteiger partial charge on any atom is -0.483 e. The molecule has 2 N–H and O–H groups in total. The Morgan fingerprint density at radius 3 is 2.32 bits per heavy atom. The monoisotopic (exact) mass is 483 g/mol. The van der Waals surface area contributed by atoms with Crippen LogP contribution in [0.5, 0.6) is 5.75 Å². The van der Waals surface area contributed by atoms with Crippen LogP contribution in [0.25, 0.3) is 0 Å². The van der Waals surface area contributed by atoms with Gasteiger partial charge in [-0.25, -0.2) is 13.1 Å². The molecule has 0 aliphatic rings. The van der Waals surface area contributed by atoms with Crippen molar-refractivity contribution in [3.8, 4) is 5.75 Å². The summed E-state index contributed by atoms with van der Waals surface area (Å²) in [5, 5.41) is 2.78. The molecule has 0 atom stereocenters. The number of pyridine rings is 1. The van der Waals surface area contributed by atoms with Gasteiger partial charge in [0.25, 0.3) is 5.91 Å². The molecule has 8 nitrogen and oxygen atoms in total. The van der Waals surface area contributed by atoms with Gasteiger partial charge in [-0.3, -0.25) is 9.59 Å². The van der Waals surface area contributed by atoms with Crippen LogP contribution in [0, 0.1) is 6.92 Å². The number of rotatable bonds is 9. The van der Waals surface area contributed by atoms with Crippen molar-refractivity contribution in [2.24, 2.45) is 7.05 Å². The number of nitrogens with one attached hydrogen (secondary N) is 2. The van der Waals surface area contributed by atoms with Crippen molar-refractivity contribution >= 4 is 15.9 Å². The second-order valence-corrected chi connectivity index (χ2v) is 10.0. The lowest BCUT2D eigenvalue weighted by Crippen LogP contribution is -2.35. The third-order valence-corrected chi connectivity index (χ3v) is 6.56. The van der Waals surface area contributed by atoms with Crippen molar-refractivity contribution in [1.82, 2.24) is 14.6 Å². The number of aromatic nitrogens is 1. The third-order valence-electron chi connectivity index (χ3n) is 5.14. The Kier molecular flexibility index (Phi) is 7.90. The Balaban J connectivity index is 1.93. The smallest absolute Gasteiger partial charge is 0.272 e. The van der Waals surface area contributed by atoms with Gasteiger partial charge >= 0.3 is 0 Å². The SMILES string of the molecule is Cc1ccc(S(=O)(=O)NCc2cc(=O)c(OCc3ccccc3)c(C(=O)NC(C)C)n2C)cc1. The Morgan fingerprint density at radius 1 is 1.06 bits per heavy atom. The van der Waals surface area contributed by atoms with E-state index in [1.54, 1.807) is 33.0 Å². The van der Waals surface area contributed by atoms with Crippen LogP contribution in [0.15, 0.2) is 70.4 Å². The van der Waals surface area contributed by atoms with Crippen molar-refractivity contribution in [2.45, 2.75) is 44.9 Å². The minimum atomic E-state index is -3.81. The lowest BCUT2D eigenvalue weighted by atomic mass is 10.2. The Morgan fingerprint density at radius 2 is 1.71 bits per heavy atom. The number of sulfonamides is 1. The first-order valence-corrected chi connectivity index (χ1v) is 12.3. The summed E-state index contributed by atoms with van der Waals surface area (Å²) < 4.78 is 35.2. The van der Waals surface area contributed by atoms with E-state index in [2.05, 4.69) is 10.0 Å². The summed E-state index contributed by atoms with van der Waals surface area (Å²) in [6.07, 6.45) is 0. The summed E-state index contributed by atoms with van der Waals surface area (Å²) in [4.78, 5) is 26.1. The first-order chi connectivity index (χ1) is 16.1. The maximum absolute atomic E-state index is 13.0. The molecule has 2 aromatic carbocycles. The molecular weight excluding hydrogens is 454 g/mol. The van der Waals surface area contributed by atoms with Crippen molar-refractivity contribution in [1.29, 1.82) is 0 Å². The average molecular weight is 484 g/mol. The summed E-state index contributed by atoms with van der Waals surface area (Å²) in [5.74, 6) is -0.574. The number of amides is 1. The molecule has 0 radical (unpaired) electrons. The second kappa shape index (κ2) is 10.7. The van der Waals surface area contributed by atoms with E-state index in [1.807, 2.05) is 37.3 Å². The molecule has 9 heteroatoms. The van der Waals surface area contributed by atoms with Crippen LogP contribution in [-0.4, -0.2) is 24.9 Å². The standard InChI is InChI=1S/C25H29N3O5S/c1-17(2)27-25(30)23-24(33-16-19-8-6-5-7-9-19)22(29)14-20(28(23)4)15-26-34(31,32)21-12-10-18(3)11-13-21/h5-14,17,26H,15-16H2,1-4H3,(H,27,30). The predicted molar refractivity (Wildman–Crippen MR) is 130 cm³/mol. The number of nitrogens with zero attached hydrogens (tertiary/aromatic N) is 1. The van der Waals surface area contributed by atoms with Crippen LogP contribution in [0.4, 0.5) is 0 Å². The van der Waals surface area contributed by atoms with Crippen LogP contribution < -0.4 is 20.2 Å². The fraction of sp³-hybridized carbons (Fsp3) is 0.280. The maximum atomic E-state index is 13.0. The van der Waals surface area contributed by atoms with Gasteiger partial charge in [-0.1, -0.05) is 48.0 Å². The molecular formula is C25H29N3O5S. The largest absolute Gasteiger partial charge is 0.483 e. The number of benzene rings is 2. The highest BCUT2D eigenvalue weighted by molar-refractivity contribution is 7.89. The lowest BCUT2D eigenvalue weighted by Gasteiger charge is -2.19. The minimum absolute atomic E-state index is 0.0293. The quantitative estimate of drug-likeness (QED) is 0.487. The number of ether oxygens (including phenoxy) is 1. The van der Waals surface area contributed by atoms with Crippen molar-refractivity contribution in [3.63, 3.8) is 0 Å². The first kappa shape index (κ1) is 25.2. The number of hydrogen-bond donors (Lipinski definition) is 2. The van der Waals surface area contributed by atoms with E-state index in [1.165, 1.54) is 22.8 Å². The van der Waals surface area contributed by atoms with E-state index in [-0.39, 0.29) is 35.5 Å². The van der Waals surface area contributed by atoms with Crippen LogP contribution in [0.1, 0.15) is 41.2 Å². The highest BCUT2D eigenvalue weighted by Crippen LogP contribution is 2.18. The van der Waals surface area contributed by atoms with Gasteiger partial charge in [0.2, 0.25) is 15.5 Å². The molecule has 3 rings (SSSR count). The van der Waals surface area contributed by atoms with E-state index in [9.17, 15) is 18.0 Å². The number of hydrogen-bond acceptors (Lipinski definition) is 5. The zero-order chi connectivity index (χ0) is 24.9. The van der Waals surface area contributed by atoms with E-state index >= 15 is 0 Å². The van der Waals surface area contributed by atoms with Gasteiger partial charge in [-0.05, 0) is 38.5 Å². The Labute approximate surface area is 199 Å². The number of carbonyl (C=O) groups excluding carboxylic acids is 1. The van der Waals surface area contributed by atoms with Crippen LogP contribution >= 0.6 is 0 Å². The molecule has 0 bridgehead atoms. The van der Waals surface area contributed by atoms with Crippen molar-refractivity contribution < 1.29 is 17.9 Å². The molecule has 0 aliphatic carbocycles. The topological polar surface area (TPSA) is 106 Å². The zero-order valence-electron chi connectivity index (χ0n) is 19.7. The molecule has 1 aromatic heterocycles. The van der Waals surface area contributed by atoms with Crippen LogP contribution in [0.3, 0.4) is 0 Å². The second-order valence-electron chi connectivity index (χ2n) is 8.28. The molecule has 180 valence electrons. The summed E-state index contributed by atoms with van der Waals surface area (Å²) in [6, 6.07) is 16.8.